The molecular formula is C21H21ClN2O5. The van der Waals surface area contributed by atoms with E-state index in [0.29, 0.717) is 19.8 Å². The van der Waals surface area contributed by atoms with Crippen LogP contribution in [-0.2, 0) is 5.41 Å². The predicted molar refractivity (Wildman–Crippen MR) is 108 cm³/mol. The molecule has 0 radical (unpaired) electrons. The monoisotopic (exact) mass is 416 g/mol. The number of nitro benzene ring substituents is 1. The first-order valence-corrected chi connectivity index (χ1v) is 9.99. The van der Waals surface area contributed by atoms with E-state index in [0.717, 1.165) is 42.7 Å². The third-order valence-corrected chi connectivity index (χ3v) is 5.94. The zero-order valence-corrected chi connectivity index (χ0v) is 16.5. The average molecular weight is 417 g/mol. The van der Waals surface area contributed by atoms with E-state index in [1.54, 1.807) is 0 Å². The van der Waals surface area contributed by atoms with Gasteiger partial charge < -0.3 is 14.8 Å². The second-order valence-corrected chi connectivity index (χ2v) is 7.88. The van der Waals surface area contributed by atoms with Gasteiger partial charge in [0.2, 0.25) is 0 Å². The maximum absolute atomic E-state index is 12.7. The summed E-state index contributed by atoms with van der Waals surface area (Å²) in [6.45, 7) is 1.44. The first kappa shape index (κ1) is 19.5. The molecule has 1 fully saturated rings. The Morgan fingerprint density at radius 2 is 1.83 bits per heavy atom. The van der Waals surface area contributed by atoms with Crippen molar-refractivity contribution in [3.63, 3.8) is 0 Å². The highest BCUT2D eigenvalue weighted by molar-refractivity contribution is 6.31. The molecule has 1 N–H and O–H groups in total. The van der Waals surface area contributed by atoms with E-state index in [-0.39, 0.29) is 21.7 Å². The second-order valence-electron chi connectivity index (χ2n) is 7.45. The summed E-state index contributed by atoms with van der Waals surface area (Å²) in [6, 6.07) is 10.0. The molecule has 2 aromatic carbocycles. The molecule has 7 nitrogen and oxygen atoms in total. The van der Waals surface area contributed by atoms with Gasteiger partial charge in [-0.2, -0.15) is 0 Å². The summed E-state index contributed by atoms with van der Waals surface area (Å²) in [5, 5.41) is 14.4. The van der Waals surface area contributed by atoms with E-state index in [4.69, 9.17) is 21.1 Å². The van der Waals surface area contributed by atoms with Crippen LogP contribution in [0.5, 0.6) is 11.5 Å². The number of amides is 1. The SMILES string of the molecule is O=C(NCC1(c2ccc3c(c2)OCCO3)CCCC1)c1ccc(Cl)cc1[N+](=O)[O-]. The summed E-state index contributed by atoms with van der Waals surface area (Å²) < 4.78 is 11.3. The molecular weight excluding hydrogens is 396 g/mol. The number of hydrogen-bond donors (Lipinski definition) is 1. The lowest BCUT2D eigenvalue weighted by molar-refractivity contribution is -0.385. The van der Waals surface area contributed by atoms with Crippen LogP contribution in [0.2, 0.25) is 5.02 Å². The third-order valence-electron chi connectivity index (χ3n) is 5.70. The second kappa shape index (κ2) is 7.91. The minimum Gasteiger partial charge on any atom is -0.486 e. The fraction of sp³-hybridized carbons (Fsp3) is 0.381. The van der Waals surface area contributed by atoms with Gasteiger partial charge >= 0.3 is 0 Å². The van der Waals surface area contributed by atoms with Gasteiger partial charge in [0.25, 0.3) is 11.6 Å². The van der Waals surface area contributed by atoms with Gasteiger partial charge in [0.15, 0.2) is 11.5 Å². The van der Waals surface area contributed by atoms with Crippen molar-refractivity contribution < 1.29 is 19.2 Å². The highest BCUT2D eigenvalue weighted by Crippen LogP contribution is 2.44. The van der Waals surface area contributed by atoms with Crippen LogP contribution in [0.4, 0.5) is 5.69 Å². The first-order valence-electron chi connectivity index (χ1n) is 9.61. The smallest absolute Gasteiger partial charge is 0.283 e. The lowest BCUT2D eigenvalue weighted by Crippen LogP contribution is -2.39. The van der Waals surface area contributed by atoms with Crippen molar-refractivity contribution in [3.05, 3.63) is 62.7 Å². The number of benzene rings is 2. The number of carbonyl (C=O) groups excluding carboxylic acids is 1. The van der Waals surface area contributed by atoms with Crippen LogP contribution < -0.4 is 14.8 Å². The standard InChI is InChI=1S/C21H21ClN2O5/c22-15-4-5-16(17(12-15)24(26)27)20(25)23-13-21(7-1-2-8-21)14-3-6-18-19(11-14)29-10-9-28-18/h3-6,11-12H,1-2,7-10,13H2,(H,23,25). The molecule has 4 rings (SSSR count). The molecule has 0 saturated heterocycles. The number of nitrogens with zero attached hydrogens (tertiary/aromatic N) is 1. The van der Waals surface area contributed by atoms with Crippen molar-refractivity contribution in [2.45, 2.75) is 31.1 Å². The van der Waals surface area contributed by atoms with E-state index in [2.05, 4.69) is 5.32 Å². The van der Waals surface area contributed by atoms with Crippen molar-refractivity contribution >= 4 is 23.2 Å². The van der Waals surface area contributed by atoms with Crippen molar-refractivity contribution in [2.75, 3.05) is 19.8 Å². The van der Waals surface area contributed by atoms with Crippen molar-refractivity contribution in [1.29, 1.82) is 0 Å². The third kappa shape index (κ3) is 3.87. The minimum atomic E-state index is -0.590. The zero-order valence-electron chi connectivity index (χ0n) is 15.8. The summed E-state index contributed by atoms with van der Waals surface area (Å²) in [6.07, 6.45) is 3.97. The maximum atomic E-state index is 12.7. The first-order chi connectivity index (χ1) is 14.0. The van der Waals surface area contributed by atoms with E-state index in [9.17, 15) is 14.9 Å². The number of fused-ring (bicyclic) bond motifs is 1. The van der Waals surface area contributed by atoms with Gasteiger partial charge in [0.05, 0.1) is 4.92 Å². The lowest BCUT2D eigenvalue weighted by Gasteiger charge is -2.31. The Kier molecular flexibility index (Phi) is 5.32. The fourth-order valence-electron chi connectivity index (χ4n) is 4.19. The van der Waals surface area contributed by atoms with Crippen molar-refractivity contribution in [3.8, 4) is 11.5 Å². The number of nitro groups is 1. The van der Waals surface area contributed by atoms with Crippen molar-refractivity contribution in [1.82, 2.24) is 5.32 Å². The molecule has 0 atom stereocenters. The topological polar surface area (TPSA) is 90.7 Å². The Balaban J connectivity index is 1.57. The number of halogens is 1. The van der Waals surface area contributed by atoms with E-state index < -0.39 is 10.8 Å². The number of nitrogens with one attached hydrogen (secondary N) is 1. The van der Waals surface area contributed by atoms with Crippen molar-refractivity contribution in [2.24, 2.45) is 0 Å². The molecule has 2 aromatic rings. The summed E-state index contributed by atoms with van der Waals surface area (Å²) in [5.74, 6) is 0.978. The quantitative estimate of drug-likeness (QED) is 0.580. The summed E-state index contributed by atoms with van der Waals surface area (Å²) >= 11 is 5.85. The van der Waals surface area contributed by atoms with Gasteiger partial charge in [-0.3, -0.25) is 14.9 Å². The highest BCUT2D eigenvalue weighted by Gasteiger charge is 2.37. The van der Waals surface area contributed by atoms with Gasteiger partial charge in [-0.05, 0) is 42.7 Å². The van der Waals surface area contributed by atoms with E-state index in [1.165, 1.54) is 18.2 Å². The molecule has 1 heterocycles. The van der Waals surface area contributed by atoms with Crippen LogP contribution in [0.25, 0.3) is 0 Å². The molecule has 2 aliphatic rings. The number of hydrogen-bond acceptors (Lipinski definition) is 5. The van der Waals surface area contributed by atoms with Gasteiger partial charge in [-0.1, -0.05) is 30.5 Å². The highest BCUT2D eigenvalue weighted by atomic mass is 35.5. The molecule has 0 aromatic heterocycles. The van der Waals surface area contributed by atoms with Crippen LogP contribution >= 0.6 is 11.6 Å². The summed E-state index contributed by atoms with van der Waals surface area (Å²) in [7, 11) is 0. The Morgan fingerprint density at radius 1 is 1.10 bits per heavy atom. The van der Waals surface area contributed by atoms with E-state index >= 15 is 0 Å². The zero-order chi connectivity index (χ0) is 20.4. The molecule has 1 aliphatic carbocycles. The van der Waals surface area contributed by atoms with Crippen LogP contribution in [0, 0.1) is 10.1 Å². The average Bonchev–Trinajstić information content (AvgIpc) is 3.22. The van der Waals surface area contributed by atoms with Crippen LogP contribution in [0.3, 0.4) is 0 Å². The normalized spacial score (nSPS) is 17.0. The van der Waals surface area contributed by atoms with E-state index in [1.807, 2.05) is 18.2 Å². The minimum absolute atomic E-state index is 0.00900. The Morgan fingerprint density at radius 3 is 2.55 bits per heavy atom. The number of rotatable bonds is 5. The Bertz CT molecular complexity index is 956. The molecule has 0 unspecified atom stereocenters. The molecule has 29 heavy (non-hydrogen) atoms. The van der Waals surface area contributed by atoms with Gasteiger partial charge in [0, 0.05) is 23.0 Å². The molecule has 8 heteroatoms. The van der Waals surface area contributed by atoms with Gasteiger partial charge in [-0.25, -0.2) is 0 Å². The number of carbonyl (C=O) groups is 1. The maximum Gasteiger partial charge on any atom is 0.283 e. The lowest BCUT2D eigenvalue weighted by atomic mass is 9.78. The summed E-state index contributed by atoms with van der Waals surface area (Å²) in [5.41, 5.74) is 0.571. The summed E-state index contributed by atoms with van der Waals surface area (Å²) in [4.78, 5) is 23.5. The Labute approximate surface area is 173 Å². The molecule has 1 aliphatic heterocycles. The van der Waals surface area contributed by atoms with Crippen LogP contribution in [-0.4, -0.2) is 30.6 Å². The number of ether oxygens (including phenoxy) is 2. The largest absolute Gasteiger partial charge is 0.486 e. The molecule has 1 amide bonds. The fourth-order valence-corrected chi connectivity index (χ4v) is 4.35. The van der Waals surface area contributed by atoms with Gasteiger partial charge in [0.1, 0.15) is 18.8 Å². The van der Waals surface area contributed by atoms with Crippen LogP contribution in [0.15, 0.2) is 36.4 Å². The molecule has 0 bridgehead atoms. The van der Waals surface area contributed by atoms with Gasteiger partial charge in [-0.15, -0.1) is 0 Å². The predicted octanol–water partition coefficient (Wildman–Crippen LogP) is 4.26. The van der Waals surface area contributed by atoms with Crippen LogP contribution in [0.1, 0.15) is 41.6 Å². The molecule has 0 spiro atoms. The molecule has 152 valence electrons. The Hall–Kier alpha value is -2.80. The molecule has 1 saturated carbocycles.